The van der Waals surface area contributed by atoms with E-state index in [9.17, 15) is 4.79 Å². The Morgan fingerprint density at radius 1 is 1.45 bits per heavy atom. The molecule has 5 nitrogen and oxygen atoms in total. The monoisotopic (exact) mass is 278 g/mol. The van der Waals surface area contributed by atoms with Crippen LogP contribution in [0.5, 0.6) is 5.88 Å². The number of pyridine rings is 1. The van der Waals surface area contributed by atoms with Crippen LogP contribution in [0, 0.1) is 0 Å². The smallest absolute Gasteiger partial charge is 0.410 e. The van der Waals surface area contributed by atoms with Crippen LogP contribution in [-0.2, 0) is 4.74 Å². The average molecular weight is 278 g/mol. The molecule has 0 radical (unpaired) electrons. The van der Waals surface area contributed by atoms with Crippen LogP contribution >= 0.6 is 0 Å². The van der Waals surface area contributed by atoms with Crippen molar-refractivity contribution >= 4 is 6.09 Å². The van der Waals surface area contributed by atoms with Crippen molar-refractivity contribution in [2.24, 2.45) is 0 Å². The van der Waals surface area contributed by atoms with Crippen molar-refractivity contribution in [2.45, 2.75) is 45.3 Å². The first-order chi connectivity index (χ1) is 9.42. The number of aromatic nitrogens is 1. The first-order valence-electron chi connectivity index (χ1n) is 6.91. The molecule has 1 aliphatic heterocycles. The van der Waals surface area contributed by atoms with Gasteiger partial charge in [-0.2, -0.15) is 0 Å². The van der Waals surface area contributed by atoms with E-state index in [1.165, 1.54) is 0 Å². The molecule has 0 spiro atoms. The zero-order chi connectivity index (χ0) is 14.8. The predicted octanol–water partition coefficient (Wildman–Crippen LogP) is 3.16. The minimum absolute atomic E-state index is 0.0199. The van der Waals surface area contributed by atoms with Gasteiger partial charge in [0.2, 0.25) is 5.88 Å². The zero-order valence-electron chi connectivity index (χ0n) is 12.5. The Balaban J connectivity index is 2.21. The molecule has 1 atom stereocenters. The molecule has 1 saturated heterocycles. The van der Waals surface area contributed by atoms with Crippen LogP contribution < -0.4 is 4.74 Å². The number of carbonyl (C=O) groups is 1. The summed E-state index contributed by atoms with van der Waals surface area (Å²) in [5, 5.41) is 0. The largest absolute Gasteiger partial charge is 0.481 e. The second-order valence-electron chi connectivity index (χ2n) is 5.93. The molecule has 1 fully saturated rings. The molecule has 1 aliphatic rings. The summed E-state index contributed by atoms with van der Waals surface area (Å²) in [6.07, 6.45) is 3.28. The molecule has 1 aromatic heterocycles. The van der Waals surface area contributed by atoms with Gasteiger partial charge in [-0.3, -0.25) is 0 Å². The maximum absolute atomic E-state index is 12.3. The Labute approximate surface area is 119 Å². The van der Waals surface area contributed by atoms with E-state index in [0.29, 0.717) is 12.4 Å². The number of hydrogen-bond donors (Lipinski definition) is 0. The molecular weight excluding hydrogens is 256 g/mol. The van der Waals surface area contributed by atoms with Crippen LogP contribution in [0.25, 0.3) is 0 Å². The molecule has 2 rings (SSSR count). The summed E-state index contributed by atoms with van der Waals surface area (Å²) >= 11 is 0. The van der Waals surface area contributed by atoms with E-state index in [2.05, 4.69) is 4.98 Å². The topological polar surface area (TPSA) is 51.7 Å². The molecule has 0 unspecified atom stereocenters. The van der Waals surface area contributed by atoms with Gasteiger partial charge in [0.15, 0.2) is 0 Å². The maximum atomic E-state index is 12.3. The van der Waals surface area contributed by atoms with Gasteiger partial charge in [-0.05, 0) is 39.7 Å². The van der Waals surface area contributed by atoms with Crippen molar-refractivity contribution in [2.75, 3.05) is 13.7 Å². The number of likely N-dealkylation sites (tertiary alicyclic amines) is 1. The molecule has 20 heavy (non-hydrogen) atoms. The van der Waals surface area contributed by atoms with Gasteiger partial charge in [0.1, 0.15) is 5.60 Å². The molecule has 0 bridgehead atoms. The van der Waals surface area contributed by atoms with E-state index in [0.717, 1.165) is 18.4 Å². The highest BCUT2D eigenvalue weighted by molar-refractivity contribution is 5.69. The van der Waals surface area contributed by atoms with E-state index in [-0.39, 0.29) is 12.1 Å². The Morgan fingerprint density at radius 3 is 2.85 bits per heavy atom. The van der Waals surface area contributed by atoms with Gasteiger partial charge in [-0.25, -0.2) is 9.78 Å². The lowest BCUT2D eigenvalue weighted by Crippen LogP contribution is -2.36. The zero-order valence-corrected chi connectivity index (χ0v) is 12.5. The standard InChI is InChI=1S/C15H22N2O3/c1-15(2,3)20-14(18)17-10-6-8-12(17)11-7-5-9-16-13(11)19-4/h5,7,9,12H,6,8,10H2,1-4H3/t12-/m0/s1. The summed E-state index contributed by atoms with van der Waals surface area (Å²) in [4.78, 5) is 18.3. The Hall–Kier alpha value is -1.78. The van der Waals surface area contributed by atoms with E-state index in [1.54, 1.807) is 18.2 Å². The number of carbonyl (C=O) groups excluding carboxylic acids is 1. The molecule has 5 heteroatoms. The minimum atomic E-state index is -0.483. The van der Waals surface area contributed by atoms with Crippen LogP contribution in [0.4, 0.5) is 4.79 Å². The SMILES string of the molecule is COc1ncccc1[C@@H]1CCCN1C(=O)OC(C)(C)C. The lowest BCUT2D eigenvalue weighted by atomic mass is 10.1. The fourth-order valence-corrected chi connectivity index (χ4v) is 2.46. The van der Waals surface area contributed by atoms with E-state index >= 15 is 0 Å². The Kier molecular flexibility index (Phi) is 4.16. The molecule has 1 amide bonds. The van der Waals surface area contributed by atoms with Crippen molar-refractivity contribution < 1.29 is 14.3 Å². The second kappa shape index (κ2) is 5.69. The van der Waals surface area contributed by atoms with Crippen molar-refractivity contribution in [1.29, 1.82) is 0 Å². The molecule has 2 heterocycles. The highest BCUT2D eigenvalue weighted by atomic mass is 16.6. The number of nitrogens with zero attached hydrogens (tertiary/aromatic N) is 2. The predicted molar refractivity (Wildman–Crippen MR) is 75.7 cm³/mol. The number of methoxy groups -OCH3 is 1. The Morgan fingerprint density at radius 2 is 2.20 bits per heavy atom. The van der Waals surface area contributed by atoms with Crippen molar-refractivity contribution in [1.82, 2.24) is 9.88 Å². The average Bonchev–Trinajstić information content (AvgIpc) is 2.85. The summed E-state index contributed by atoms with van der Waals surface area (Å²) in [6, 6.07) is 3.80. The fourth-order valence-electron chi connectivity index (χ4n) is 2.46. The quantitative estimate of drug-likeness (QED) is 0.833. The van der Waals surface area contributed by atoms with Gasteiger partial charge in [0.05, 0.1) is 13.2 Å². The van der Waals surface area contributed by atoms with Crippen LogP contribution in [0.3, 0.4) is 0 Å². The number of amides is 1. The van der Waals surface area contributed by atoms with Gasteiger partial charge < -0.3 is 14.4 Å². The fraction of sp³-hybridized carbons (Fsp3) is 0.600. The highest BCUT2D eigenvalue weighted by Gasteiger charge is 2.34. The van der Waals surface area contributed by atoms with Crippen LogP contribution in [0.1, 0.15) is 45.2 Å². The third kappa shape index (κ3) is 3.21. The molecule has 110 valence electrons. The molecular formula is C15H22N2O3. The normalized spacial score (nSPS) is 19.0. The van der Waals surface area contributed by atoms with Crippen molar-refractivity contribution in [3.05, 3.63) is 23.9 Å². The third-order valence-electron chi connectivity index (χ3n) is 3.23. The molecule has 1 aromatic rings. The molecule has 0 aromatic carbocycles. The van der Waals surface area contributed by atoms with Gasteiger partial charge >= 0.3 is 6.09 Å². The van der Waals surface area contributed by atoms with Crippen molar-refractivity contribution in [3.63, 3.8) is 0 Å². The van der Waals surface area contributed by atoms with Crippen LogP contribution in [0.2, 0.25) is 0 Å². The third-order valence-corrected chi connectivity index (χ3v) is 3.23. The van der Waals surface area contributed by atoms with Gasteiger partial charge in [0.25, 0.3) is 0 Å². The molecule has 0 saturated carbocycles. The van der Waals surface area contributed by atoms with Crippen LogP contribution in [0.15, 0.2) is 18.3 Å². The van der Waals surface area contributed by atoms with E-state index in [4.69, 9.17) is 9.47 Å². The lowest BCUT2D eigenvalue weighted by molar-refractivity contribution is 0.0223. The van der Waals surface area contributed by atoms with E-state index in [1.807, 2.05) is 32.9 Å². The lowest BCUT2D eigenvalue weighted by Gasteiger charge is -2.29. The summed E-state index contributed by atoms with van der Waals surface area (Å²) in [5.41, 5.74) is 0.460. The maximum Gasteiger partial charge on any atom is 0.410 e. The molecule has 0 aliphatic carbocycles. The minimum Gasteiger partial charge on any atom is -0.481 e. The van der Waals surface area contributed by atoms with Crippen LogP contribution in [-0.4, -0.2) is 35.2 Å². The summed E-state index contributed by atoms with van der Waals surface area (Å²) in [7, 11) is 1.60. The van der Waals surface area contributed by atoms with Gasteiger partial charge in [0, 0.05) is 18.3 Å². The second-order valence-corrected chi connectivity index (χ2v) is 5.93. The number of rotatable bonds is 2. The first kappa shape index (κ1) is 14.6. The summed E-state index contributed by atoms with van der Waals surface area (Å²) in [5.74, 6) is 0.577. The first-order valence-corrected chi connectivity index (χ1v) is 6.91. The van der Waals surface area contributed by atoms with Gasteiger partial charge in [-0.15, -0.1) is 0 Å². The van der Waals surface area contributed by atoms with E-state index < -0.39 is 5.60 Å². The number of hydrogen-bond acceptors (Lipinski definition) is 4. The summed E-state index contributed by atoms with van der Waals surface area (Å²) < 4.78 is 10.8. The summed E-state index contributed by atoms with van der Waals surface area (Å²) in [6.45, 7) is 6.33. The van der Waals surface area contributed by atoms with Gasteiger partial charge in [-0.1, -0.05) is 6.07 Å². The highest BCUT2D eigenvalue weighted by Crippen LogP contribution is 2.36. The van der Waals surface area contributed by atoms with Crippen molar-refractivity contribution in [3.8, 4) is 5.88 Å². The Bertz CT molecular complexity index is 482. The molecule has 0 N–H and O–H groups in total. The number of ether oxygens (including phenoxy) is 2.